The van der Waals surface area contributed by atoms with Crippen LogP contribution in [0.15, 0.2) is 18.2 Å². The van der Waals surface area contributed by atoms with Crippen LogP contribution >= 0.6 is 0 Å². The molecule has 3 nitrogen and oxygen atoms in total. The Bertz CT molecular complexity index is 299. The number of nitrogens with two attached hydrogens (primary N) is 1. The molecular formula is C11H18N2O. The first kappa shape index (κ1) is 10.7. The van der Waals surface area contributed by atoms with Crippen molar-refractivity contribution in [3.05, 3.63) is 18.2 Å². The van der Waals surface area contributed by atoms with Gasteiger partial charge in [-0.1, -0.05) is 0 Å². The van der Waals surface area contributed by atoms with E-state index in [0.29, 0.717) is 12.3 Å². The van der Waals surface area contributed by atoms with E-state index in [2.05, 4.69) is 11.8 Å². The van der Waals surface area contributed by atoms with Gasteiger partial charge in [0.25, 0.3) is 0 Å². The highest BCUT2D eigenvalue weighted by atomic mass is 16.5. The summed E-state index contributed by atoms with van der Waals surface area (Å²) >= 11 is 0. The van der Waals surface area contributed by atoms with Crippen molar-refractivity contribution in [2.45, 2.75) is 13.8 Å². The molecule has 0 aromatic heterocycles. The molecule has 0 saturated carbocycles. The summed E-state index contributed by atoms with van der Waals surface area (Å²) in [6, 6.07) is 5.86. The Balaban J connectivity index is 2.93. The lowest BCUT2D eigenvalue weighted by Gasteiger charge is -2.18. The summed E-state index contributed by atoms with van der Waals surface area (Å²) in [6.45, 7) is 5.67. The van der Waals surface area contributed by atoms with Gasteiger partial charge in [0.05, 0.1) is 12.3 Å². The maximum Gasteiger partial charge on any atom is 0.144 e. The predicted molar refractivity (Wildman–Crippen MR) is 61.0 cm³/mol. The van der Waals surface area contributed by atoms with E-state index in [1.807, 2.05) is 32.2 Å². The molecule has 1 aromatic carbocycles. The molecule has 3 heteroatoms. The van der Waals surface area contributed by atoms with Crippen LogP contribution < -0.4 is 15.4 Å². The molecule has 0 heterocycles. The molecule has 14 heavy (non-hydrogen) atoms. The van der Waals surface area contributed by atoms with Crippen LogP contribution in [0.3, 0.4) is 0 Å². The number of anilines is 2. The fourth-order valence-electron chi connectivity index (χ4n) is 1.22. The SMILES string of the molecule is CCOc1cc(N(C)CC)ccc1N. The van der Waals surface area contributed by atoms with E-state index in [0.717, 1.165) is 18.0 Å². The van der Waals surface area contributed by atoms with Gasteiger partial charge in [-0.15, -0.1) is 0 Å². The molecular weight excluding hydrogens is 176 g/mol. The summed E-state index contributed by atoms with van der Waals surface area (Å²) in [4.78, 5) is 2.14. The van der Waals surface area contributed by atoms with Crippen molar-refractivity contribution in [2.75, 3.05) is 30.8 Å². The van der Waals surface area contributed by atoms with Gasteiger partial charge in [-0.3, -0.25) is 0 Å². The van der Waals surface area contributed by atoms with Crippen LogP contribution in [0.1, 0.15) is 13.8 Å². The minimum atomic E-state index is 0.642. The highest BCUT2D eigenvalue weighted by molar-refractivity contribution is 5.62. The number of rotatable bonds is 4. The van der Waals surface area contributed by atoms with Crippen LogP contribution in [0, 0.1) is 0 Å². The minimum absolute atomic E-state index is 0.642. The molecule has 0 spiro atoms. The first-order valence-corrected chi connectivity index (χ1v) is 4.92. The van der Waals surface area contributed by atoms with Crippen molar-refractivity contribution >= 4 is 11.4 Å². The summed E-state index contributed by atoms with van der Waals surface area (Å²) in [5.74, 6) is 0.769. The predicted octanol–water partition coefficient (Wildman–Crippen LogP) is 2.12. The van der Waals surface area contributed by atoms with Crippen molar-refractivity contribution in [3.63, 3.8) is 0 Å². The average molecular weight is 194 g/mol. The zero-order valence-electron chi connectivity index (χ0n) is 9.08. The number of benzene rings is 1. The fraction of sp³-hybridized carbons (Fsp3) is 0.455. The van der Waals surface area contributed by atoms with Crippen molar-refractivity contribution in [1.29, 1.82) is 0 Å². The van der Waals surface area contributed by atoms with Crippen LogP contribution in [0.4, 0.5) is 11.4 Å². The number of ether oxygens (including phenoxy) is 1. The van der Waals surface area contributed by atoms with E-state index in [4.69, 9.17) is 10.5 Å². The summed E-state index contributed by atoms with van der Waals surface area (Å²) in [5, 5.41) is 0. The van der Waals surface area contributed by atoms with Crippen LogP contribution in [0.25, 0.3) is 0 Å². The topological polar surface area (TPSA) is 38.5 Å². The molecule has 0 unspecified atom stereocenters. The lowest BCUT2D eigenvalue weighted by Crippen LogP contribution is -2.15. The van der Waals surface area contributed by atoms with Crippen molar-refractivity contribution in [3.8, 4) is 5.75 Å². The van der Waals surface area contributed by atoms with Gasteiger partial charge in [-0.25, -0.2) is 0 Å². The van der Waals surface area contributed by atoms with E-state index in [-0.39, 0.29) is 0 Å². The molecule has 0 fully saturated rings. The Labute approximate surface area is 85.5 Å². The lowest BCUT2D eigenvalue weighted by molar-refractivity contribution is 0.342. The van der Waals surface area contributed by atoms with E-state index in [9.17, 15) is 0 Å². The fourth-order valence-corrected chi connectivity index (χ4v) is 1.22. The molecule has 1 aromatic rings. The molecule has 0 amide bonds. The summed E-state index contributed by atoms with van der Waals surface area (Å²) in [5.41, 5.74) is 7.60. The summed E-state index contributed by atoms with van der Waals surface area (Å²) in [6.07, 6.45) is 0. The maximum absolute atomic E-state index is 5.77. The third-order valence-electron chi connectivity index (χ3n) is 2.21. The second kappa shape index (κ2) is 4.74. The maximum atomic E-state index is 5.77. The molecule has 78 valence electrons. The Morgan fingerprint density at radius 1 is 1.36 bits per heavy atom. The van der Waals surface area contributed by atoms with Crippen molar-refractivity contribution in [1.82, 2.24) is 0 Å². The molecule has 0 saturated heterocycles. The number of hydrogen-bond acceptors (Lipinski definition) is 3. The Kier molecular flexibility index (Phi) is 3.63. The highest BCUT2D eigenvalue weighted by Crippen LogP contribution is 2.26. The number of hydrogen-bond donors (Lipinski definition) is 1. The van der Waals surface area contributed by atoms with E-state index in [1.54, 1.807) is 0 Å². The third kappa shape index (κ3) is 2.31. The minimum Gasteiger partial charge on any atom is -0.492 e. The van der Waals surface area contributed by atoms with Gasteiger partial charge in [-0.05, 0) is 26.0 Å². The van der Waals surface area contributed by atoms with Gasteiger partial charge in [0.2, 0.25) is 0 Å². The van der Waals surface area contributed by atoms with Crippen LogP contribution in [0.2, 0.25) is 0 Å². The van der Waals surface area contributed by atoms with Gasteiger partial charge in [0.15, 0.2) is 0 Å². The molecule has 0 bridgehead atoms. The zero-order chi connectivity index (χ0) is 10.6. The van der Waals surface area contributed by atoms with Gasteiger partial charge < -0.3 is 15.4 Å². The Morgan fingerprint density at radius 2 is 2.07 bits per heavy atom. The van der Waals surface area contributed by atoms with Gasteiger partial charge in [0.1, 0.15) is 5.75 Å². The zero-order valence-corrected chi connectivity index (χ0v) is 9.08. The van der Waals surface area contributed by atoms with Gasteiger partial charge >= 0.3 is 0 Å². The second-order valence-electron chi connectivity index (χ2n) is 3.17. The van der Waals surface area contributed by atoms with Gasteiger partial charge in [0, 0.05) is 25.3 Å². The monoisotopic (exact) mass is 194 g/mol. The van der Waals surface area contributed by atoms with Gasteiger partial charge in [-0.2, -0.15) is 0 Å². The number of nitrogen functional groups attached to an aromatic ring is 1. The highest BCUT2D eigenvalue weighted by Gasteiger charge is 2.03. The largest absolute Gasteiger partial charge is 0.492 e. The molecule has 0 atom stereocenters. The Hall–Kier alpha value is -1.38. The molecule has 1 rings (SSSR count). The molecule has 0 aliphatic heterocycles. The first-order chi connectivity index (χ1) is 6.69. The van der Waals surface area contributed by atoms with Crippen molar-refractivity contribution in [2.24, 2.45) is 0 Å². The molecule has 0 radical (unpaired) electrons. The van der Waals surface area contributed by atoms with Crippen molar-refractivity contribution < 1.29 is 4.74 Å². The van der Waals surface area contributed by atoms with E-state index < -0.39 is 0 Å². The smallest absolute Gasteiger partial charge is 0.144 e. The second-order valence-corrected chi connectivity index (χ2v) is 3.17. The lowest BCUT2D eigenvalue weighted by atomic mass is 10.2. The standard InChI is InChI=1S/C11H18N2O/c1-4-13(3)9-6-7-10(12)11(8-9)14-5-2/h6-8H,4-5,12H2,1-3H3. The quantitative estimate of drug-likeness (QED) is 0.746. The van der Waals surface area contributed by atoms with Crippen LogP contribution in [-0.4, -0.2) is 20.2 Å². The van der Waals surface area contributed by atoms with E-state index >= 15 is 0 Å². The van der Waals surface area contributed by atoms with Crippen LogP contribution in [-0.2, 0) is 0 Å². The normalized spacial score (nSPS) is 9.93. The summed E-state index contributed by atoms with van der Waals surface area (Å²) in [7, 11) is 2.04. The first-order valence-electron chi connectivity index (χ1n) is 4.92. The Morgan fingerprint density at radius 3 is 2.64 bits per heavy atom. The average Bonchev–Trinajstić information content (AvgIpc) is 2.20. The molecule has 0 aliphatic rings. The van der Waals surface area contributed by atoms with E-state index in [1.165, 1.54) is 0 Å². The number of nitrogens with zero attached hydrogens (tertiary/aromatic N) is 1. The third-order valence-corrected chi connectivity index (χ3v) is 2.21. The van der Waals surface area contributed by atoms with Crippen LogP contribution in [0.5, 0.6) is 5.75 Å². The molecule has 0 aliphatic carbocycles. The summed E-state index contributed by atoms with van der Waals surface area (Å²) < 4.78 is 5.42. The molecule has 2 N–H and O–H groups in total.